The molecule has 0 aliphatic carbocycles. The van der Waals surface area contributed by atoms with Crippen LogP contribution in [0.1, 0.15) is 18.9 Å². The summed E-state index contributed by atoms with van der Waals surface area (Å²) in [6, 6.07) is 10.8. The third kappa shape index (κ3) is 3.94. The molecule has 6 nitrogen and oxygen atoms in total. The van der Waals surface area contributed by atoms with Gasteiger partial charge in [0.15, 0.2) is 0 Å². The molecule has 1 aromatic heterocycles. The molecule has 0 saturated carbocycles. The van der Waals surface area contributed by atoms with E-state index < -0.39 is 4.92 Å². The molecule has 0 aliphatic heterocycles. The predicted molar refractivity (Wildman–Crippen MR) is 85.3 cm³/mol. The Bertz CT molecular complexity index is 646. The van der Waals surface area contributed by atoms with Crippen molar-refractivity contribution in [1.82, 2.24) is 4.98 Å². The molecule has 0 radical (unpaired) electrons. The van der Waals surface area contributed by atoms with Gasteiger partial charge in [0.2, 0.25) is 5.82 Å². The van der Waals surface area contributed by atoms with E-state index in [1.165, 1.54) is 12.3 Å². The fourth-order valence-electron chi connectivity index (χ4n) is 2.03. The van der Waals surface area contributed by atoms with E-state index >= 15 is 0 Å². The van der Waals surface area contributed by atoms with Crippen molar-refractivity contribution in [3.8, 4) is 5.75 Å². The Morgan fingerprint density at radius 1 is 1.32 bits per heavy atom. The van der Waals surface area contributed by atoms with Crippen LogP contribution in [-0.4, -0.2) is 22.6 Å². The number of aryl methyl sites for hydroxylation is 1. The molecule has 0 spiro atoms. The van der Waals surface area contributed by atoms with Crippen LogP contribution < -0.4 is 10.1 Å². The van der Waals surface area contributed by atoms with Gasteiger partial charge in [-0.1, -0.05) is 25.1 Å². The molecule has 1 aromatic carbocycles. The molecule has 0 fully saturated rings. The number of hydrogen-bond donors (Lipinski definition) is 1. The molecule has 1 N–H and O–H groups in total. The number of benzene rings is 1. The molecule has 0 amide bonds. The summed E-state index contributed by atoms with van der Waals surface area (Å²) in [5, 5.41) is 14.0. The lowest BCUT2D eigenvalue weighted by Crippen LogP contribution is -2.26. The highest BCUT2D eigenvalue weighted by Gasteiger charge is 2.16. The third-order valence-electron chi connectivity index (χ3n) is 3.32. The molecule has 6 heteroatoms. The SMILES string of the molecule is CCC(CNc1ncccc1[N+](=O)[O-])Oc1ccccc1C. The van der Waals surface area contributed by atoms with Crippen molar-refractivity contribution in [3.05, 3.63) is 58.3 Å². The summed E-state index contributed by atoms with van der Waals surface area (Å²) < 4.78 is 5.96. The van der Waals surface area contributed by atoms with Gasteiger partial charge >= 0.3 is 5.69 Å². The van der Waals surface area contributed by atoms with Gasteiger partial charge in [-0.05, 0) is 31.0 Å². The maximum absolute atomic E-state index is 11.0. The first-order valence-electron chi connectivity index (χ1n) is 7.17. The summed E-state index contributed by atoms with van der Waals surface area (Å²) in [6.07, 6.45) is 2.21. The molecule has 2 rings (SSSR count). The molecule has 1 heterocycles. The standard InChI is InChI=1S/C16H19N3O3/c1-3-13(22-15-9-5-4-7-12(15)2)11-18-16-14(19(20)21)8-6-10-17-16/h4-10,13H,3,11H2,1-2H3,(H,17,18). The number of hydrogen-bond acceptors (Lipinski definition) is 5. The van der Waals surface area contributed by atoms with Gasteiger partial charge in [0.25, 0.3) is 0 Å². The minimum absolute atomic E-state index is 0.0340. The van der Waals surface area contributed by atoms with E-state index in [1.54, 1.807) is 6.07 Å². The highest BCUT2D eigenvalue weighted by atomic mass is 16.6. The van der Waals surface area contributed by atoms with Crippen LogP contribution in [0.15, 0.2) is 42.6 Å². The van der Waals surface area contributed by atoms with E-state index in [0.29, 0.717) is 6.54 Å². The molecule has 0 saturated heterocycles. The molecular weight excluding hydrogens is 282 g/mol. The molecule has 2 aromatic rings. The summed E-state index contributed by atoms with van der Waals surface area (Å²) in [6.45, 7) is 4.44. The largest absolute Gasteiger partial charge is 0.488 e. The van der Waals surface area contributed by atoms with Crippen LogP contribution in [0, 0.1) is 17.0 Å². The van der Waals surface area contributed by atoms with Crippen LogP contribution in [0.5, 0.6) is 5.75 Å². The lowest BCUT2D eigenvalue weighted by molar-refractivity contribution is -0.384. The van der Waals surface area contributed by atoms with Gasteiger partial charge in [0, 0.05) is 12.3 Å². The summed E-state index contributed by atoms with van der Waals surface area (Å²) >= 11 is 0. The number of para-hydroxylation sites is 1. The van der Waals surface area contributed by atoms with E-state index in [-0.39, 0.29) is 17.6 Å². The highest BCUT2D eigenvalue weighted by Crippen LogP contribution is 2.22. The van der Waals surface area contributed by atoms with Crippen molar-refractivity contribution in [3.63, 3.8) is 0 Å². The number of anilines is 1. The van der Waals surface area contributed by atoms with E-state index in [2.05, 4.69) is 10.3 Å². The number of nitrogens with one attached hydrogen (secondary N) is 1. The Morgan fingerprint density at radius 3 is 2.77 bits per heavy atom. The van der Waals surface area contributed by atoms with Gasteiger partial charge in [-0.3, -0.25) is 10.1 Å². The summed E-state index contributed by atoms with van der Waals surface area (Å²) in [5.74, 6) is 1.09. The average Bonchev–Trinajstić information content (AvgIpc) is 2.53. The number of ether oxygens (including phenoxy) is 1. The zero-order valence-electron chi connectivity index (χ0n) is 12.7. The molecule has 0 bridgehead atoms. The summed E-state index contributed by atoms with van der Waals surface area (Å²) in [4.78, 5) is 14.5. The molecule has 1 unspecified atom stereocenters. The van der Waals surface area contributed by atoms with Gasteiger partial charge < -0.3 is 10.1 Å². The Morgan fingerprint density at radius 2 is 2.09 bits per heavy atom. The number of pyridine rings is 1. The van der Waals surface area contributed by atoms with Gasteiger partial charge in [0.05, 0.1) is 11.5 Å². The average molecular weight is 301 g/mol. The number of aromatic nitrogens is 1. The van der Waals surface area contributed by atoms with E-state index in [9.17, 15) is 10.1 Å². The van der Waals surface area contributed by atoms with E-state index in [0.717, 1.165) is 17.7 Å². The Labute approximate surface area is 129 Å². The van der Waals surface area contributed by atoms with Crippen molar-refractivity contribution >= 4 is 11.5 Å². The van der Waals surface area contributed by atoms with Gasteiger partial charge in [-0.25, -0.2) is 4.98 Å². The minimum Gasteiger partial charge on any atom is -0.488 e. The maximum Gasteiger partial charge on any atom is 0.311 e. The topological polar surface area (TPSA) is 77.3 Å². The lowest BCUT2D eigenvalue weighted by Gasteiger charge is -2.19. The minimum atomic E-state index is -0.446. The smallest absolute Gasteiger partial charge is 0.311 e. The van der Waals surface area contributed by atoms with Crippen LogP contribution in [0.4, 0.5) is 11.5 Å². The highest BCUT2D eigenvalue weighted by molar-refractivity contribution is 5.55. The lowest BCUT2D eigenvalue weighted by atomic mass is 10.2. The predicted octanol–water partition coefficient (Wildman–Crippen LogP) is 3.57. The molecule has 1 atom stereocenters. The van der Waals surface area contributed by atoms with Crippen molar-refractivity contribution in [2.24, 2.45) is 0 Å². The normalized spacial score (nSPS) is 11.7. The summed E-state index contributed by atoms with van der Waals surface area (Å²) in [7, 11) is 0. The Balaban J connectivity index is 2.03. The monoisotopic (exact) mass is 301 g/mol. The molecular formula is C16H19N3O3. The maximum atomic E-state index is 11.0. The molecule has 116 valence electrons. The van der Waals surface area contributed by atoms with Gasteiger partial charge in [0.1, 0.15) is 11.9 Å². The molecule has 22 heavy (non-hydrogen) atoms. The third-order valence-corrected chi connectivity index (χ3v) is 3.32. The van der Waals surface area contributed by atoms with E-state index in [1.807, 2.05) is 38.1 Å². The van der Waals surface area contributed by atoms with Crippen LogP contribution in [0.25, 0.3) is 0 Å². The number of nitrogens with zero attached hydrogens (tertiary/aromatic N) is 2. The first-order valence-corrected chi connectivity index (χ1v) is 7.17. The van der Waals surface area contributed by atoms with Crippen molar-refractivity contribution < 1.29 is 9.66 Å². The van der Waals surface area contributed by atoms with Crippen LogP contribution in [-0.2, 0) is 0 Å². The van der Waals surface area contributed by atoms with E-state index in [4.69, 9.17) is 4.74 Å². The van der Waals surface area contributed by atoms with Crippen molar-refractivity contribution in [2.45, 2.75) is 26.4 Å². The van der Waals surface area contributed by atoms with Crippen LogP contribution in [0.2, 0.25) is 0 Å². The second kappa shape index (κ2) is 7.40. The molecule has 0 aliphatic rings. The number of nitro groups is 1. The Kier molecular flexibility index (Phi) is 5.30. The van der Waals surface area contributed by atoms with Gasteiger partial charge in [-0.15, -0.1) is 0 Å². The van der Waals surface area contributed by atoms with Crippen LogP contribution in [0.3, 0.4) is 0 Å². The zero-order chi connectivity index (χ0) is 15.9. The Hall–Kier alpha value is -2.63. The second-order valence-electron chi connectivity index (χ2n) is 4.92. The zero-order valence-corrected chi connectivity index (χ0v) is 12.7. The van der Waals surface area contributed by atoms with Crippen molar-refractivity contribution in [1.29, 1.82) is 0 Å². The second-order valence-corrected chi connectivity index (χ2v) is 4.92. The quantitative estimate of drug-likeness (QED) is 0.625. The van der Waals surface area contributed by atoms with Gasteiger partial charge in [-0.2, -0.15) is 0 Å². The first kappa shape index (κ1) is 15.8. The van der Waals surface area contributed by atoms with Crippen molar-refractivity contribution in [2.75, 3.05) is 11.9 Å². The fraction of sp³-hybridized carbons (Fsp3) is 0.312. The summed E-state index contributed by atoms with van der Waals surface area (Å²) in [5.41, 5.74) is 1.03. The number of rotatable bonds is 7. The fourth-order valence-corrected chi connectivity index (χ4v) is 2.03. The van der Waals surface area contributed by atoms with Crippen LogP contribution >= 0.6 is 0 Å². The first-order chi connectivity index (χ1) is 10.6.